The summed E-state index contributed by atoms with van der Waals surface area (Å²) < 4.78 is 0. The van der Waals surface area contributed by atoms with Crippen molar-refractivity contribution in [2.24, 2.45) is 0 Å². The number of benzene rings is 4. The first kappa shape index (κ1) is 35.4. The quantitative estimate of drug-likeness (QED) is 0.208. The maximum atomic E-state index is 2.37. The zero-order chi connectivity index (χ0) is 31.1. The molecular weight excluding hydrogens is 480 g/mol. The number of hydrogen-bond acceptors (Lipinski definition) is 0. The fraction of sp³-hybridized carbons (Fsp3) is 0.500. The monoisotopic (exact) mass is 540 g/mol. The summed E-state index contributed by atoms with van der Waals surface area (Å²) in [6, 6.07) is 26.9. The molecule has 0 aromatic heterocycles. The molecule has 40 heavy (non-hydrogen) atoms. The Morgan fingerprint density at radius 3 is 1.12 bits per heavy atom. The van der Waals surface area contributed by atoms with Gasteiger partial charge in [0.15, 0.2) is 0 Å². The number of rotatable bonds is 0. The number of fused-ring (bicyclic) bond motifs is 2. The molecule has 0 fully saturated rings. The van der Waals surface area contributed by atoms with Gasteiger partial charge in [0.2, 0.25) is 0 Å². The molecule has 0 N–H and O–H groups in total. The van der Waals surface area contributed by atoms with Gasteiger partial charge in [-0.05, 0) is 65.5 Å². The van der Waals surface area contributed by atoms with Crippen LogP contribution in [0.2, 0.25) is 0 Å². The van der Waals surface area contributed by atoms with Crippen molar-refractivity contribution in [1.82, 2.24) is 0 Å². The fourth-order valence-corrected chi connectivity index (χ4v) is 4.98. The van der Waals surface area contributed by atoms with E-state index in [2.05, 4.69) is 156 Å². The van der Waals surface area contributed by atoms with Crippen LogP contribution in [0.3, 0.4) is 0 Å². The minimum atomic E-state index is 0.181. The van der Waals surface area contributed by atoms with Crippen molar-refractivity contribution in [2.45, 2.75) is 132 Å². The van der Waals surface area contributed by atoms with Crippen LogP contribution < -0.4 is 0 Å². The van der Waals surface area contributed by atoms with Crippen molar-refractivity contribution < 1.29 is 0 Å². The molecule has 4 aromatic carbocycles. The minimum Gasteiger partial charge on any atom is -0.0683 e. The third-order valence-corrected chi connectivity index (χ3v) is 7.08. The maximum Gasteiger partial charge on any atom is -0.0109 e. The van der Waals surface area contributed by atoms with Gasteiger partial charge in [-0.3, -0.25) is 0 Å². The fourth-order valence-electron chi connectivity index (χ4n) is 4.98. The second-order valence-corrected chi connectivity index (χ2v) is 14.5. The zero-order valence-electron chi connectivity index (χ0n) is 28.9. The lowest BCUT2D eigenvalue weighted by Crippen LogP contribution is -2.17. The Hall–Kier alpha value is -2.60. The normalized spacial score (nSPS) is 12.0. The third-order valence-electron chi connectivity index (χ3n) is 7.08. The Labute approximate surface area is 248 Å². The van der Waals surface area contributed by atoms with E-state index in [0.29, 0.717) is 0 Å². The average Bonchev–Trinajstić information content (AvgIpc) is 2.88. The van der Waals surface area contributed by atoms with Gasteiger partial charge in [-0.1, -0.05) is 184 Å². The first-order valence-corrected chi connectivity index (χ1v) is 15.5. The molecule has 0 heteroatoms. The van der Waals surface area contributed by atoms with Crippen LogP contribution in [0.15, 0.2) is 72.8 Å². The largest absolute Gasteiger partial charge is 0.0683 e. The Balaban J connectivity index is 0.000000356. The Bertz CT molecular complexity index is 1290. The lowest BCUT2D eigenvalue weighted by molar-refractivity contribution is 0.581. The van der Waals surface area contributed by atoms with Gasteiger partial charge >= 0.3 is 0 Å². The summed E-state index contributed by atoms with van der Waals surface area (Å²) >= 11 is 0. The van der Waals surface area contributed by atoms with Gasteiger partial charge in [-0.15, -0.1) is 0 Å². The predicted molar refractivity (Wildman–Crippen MR) is 185 cm³/mol. The van der Waals surface area contributed by atoms with Crippen LogP contribution in [0.25, 0.3) is 21.5 Å². The zero-order valence-corrected chi connectivity index (χ0v) is 28.9. The van der Waals surface area contributed by atoms with E-state index in [4.69, 9.17) is 0 Å². The van der Waals surface area contributed by atoms with E-state index < -0.39 is 0 Å². The molecule has 0 aliphatic heterocycles. The molecule has 0 saturated carbocycles. The molecule has 4 aromatic rings. The molecule has 0 aliphatic rings. The van der Waals surface area contributed by atoms with E-state index >= 15 is 0 Å². The van der Waals surface area contributed by atoms with E-state index in [0.717, 1.165) is 0 Å². The average molecular weight is 541 g/mol. The van der Waals surface area contributed by atoms with Gasteiger partial charge in [0, 0.05) is 0 Å². The maximum absolute atomic E-state index is 2.37. The van der Waals surface area contributed by atoms with Gasteiger partial charge in [-0.25, -0.2) is 0 Å². The molecule has 0 heterocycles. The third kappa shape index (κ3) is 8.95. The molecule has 0 saturated heterocycles. The lowest BCUT2D eigenvalue weighted by atomic mass is 9.77. The van der Waals surface area contributed by atoms with Crippen LogP contribution in [0.1, 0.15) is 133 Å². The first-order valence-electron chi connectivity index (χ1n) is 15.5. The smallest absolute Gasteiger partial charge is 0.0109 e. The highest BCUT2D eigenvalue weighted by Crippen LogP contribution is 2.37. The summed E-state index contributed by atoms with van der Waals surface area (Å²) in [4.78, 5) is 0. The van der Waals surface area contributed by atoms with Crippen molar-refractivity contribution in [3.8, 4) is 0 Å². The summed E-state index contributed by atoms with van der Waals surface area (Å²) in [5, 5.41) is 5.54. The van der Waals surface area contributed by atoms with Crippen molar-refractivity contribution >= 4 is 21.5 Å². The minimum absolute atomic E-state index is 0.181. The van der Waals surface area contributed by atoms with Gasteiger partial charge in [-0.2, -0.15) is 0 Å². The highest BCUT2D eigenvalue weighted by atomic mass is 14.3. The van der Waals surface area contributed by atoms with Gasteiger partial charge < -0.3 is 0 Å². The molecular formula is C40H60. The van der Waals surface area contributed by atoms with Gasteiger partial charge in [0.1, 0.15) is 0 Å². The van der Waals surface area contributed by atoms with Crippen LogP contribution in [0.5, 0.6) is 0 Å². The highest BCUT2D eigenvalue weighted by molar-refractivity contribution is 5.90. The Morgan fingerprint density at radius 1 is 0.375 bits per heavy atom. The first-order chi connectivity index (χ1) is 18.4. The topological polar surface area (TPSA) is 0 Å². The van der Waals surface area contributed by atoms with Gasteiger partial charge in [0.05, 0.1) is 0 Å². The SMILES string of the molecule is CC.CC.CC(C)(C)c1ccc2cccc(C(C)(C)C)c2c1.CC(C)(C)c1cccc2cccc(C(C)(C)C)c12. The summed E-state index contributed by atoms with van der Waals surface area (Å²) in [5.74, 6) is 0. The van der Waals surface area contributed by atoms with Crippen LogP contribution in [0.4, 0.5) is 0 Å². The van der Waals surface area contributed by atoms with Crippen LogP contribution in [-0.2, 0) is 21.7 Å². The van der Waals surface area contributed by atoms with Crippen LogP contribution >= 0.6 is 0 Å². The Morgan fingerprint density at radius 2 is 0.750 bits per heavy atom. The molecule has 0 amide bonds. The number of hydrogen-bond donors (Lipinski definition) is 0. The molecule has 4 rings (SSSR count). The van der Waals surface area contributed by atoms with E-state index in [1.807, 2.05) is 27.7 Å². The Kier molecular flexibility index (Phi) is 12.3. The molecule has 0 unspecified atom stereocenters. The van der Waals surface area contributed by atoms with Crippen molar-refractivity contribution in [3.63, 3.8) is 0 Å². The molecule has 0 aliphatic carbocycles. The molecule has 0 spiro atoms. The van der Waals surface area contributed by atoms with Crippen molar-refractivity contribution in [3.05, 3.63) is 95.1 Å². The standard InChI is InChI=1S/2C18H24.2C2H6/c1-17(2,3)14-11-7-9-13-10-8-12-15(16(13)14)18(4,5)6;1-17(2,3)14-11-10-13-8-7-9-16(15(13)12-14)18(4,5)6;2*1-2/h2*7-12H,1-6H3;2*1-2H3. The molecule has 0 radical (unpaired) electrons. The summed E-state index contributed by atoms with van der Waals surface area (Å²) in [6.07, 6.45) is 0. The lowest BCUT2D eigenvalue weighted by Gasteiger charge is -2.27. The molecule has 220 valence electrons. The van der Waals surface area contributed by atoms with E-state index in [1.54, 1.807) is 0 Å². The highest BCUT2D eigenvalue weighted by Gasteiger charge is 2.23. The summed E-state index contributed by atoms with van der Waals surface area (Å²) in [6.45, 7) is 35.4. The van der Waals surface area contributed by atoms with Gasteiger partial charge in [0.25, 0.3) is 0 Å². The second kappa shape index (κ2) is 13.8. The van der Waals surface area contributed by atoms with Crippen LogP contribution in [0, 0.1) is 0 Å². The van der Waals surface area contributed by atoms with E-state index in [9.17, 15) is 0 Å². The van der Waals surface area contributed by atoms with Crippen molar-refractivity contribution in [1.29, 1.82) is 0 Å². The second-order valence-electron chi connectivity index (χ2n) is 14.5. The predicted octanol–water partition coefficient (Wildman–Crippen LogP) is 12.9. The van der Waals surface area contributed by atoms with E-state index in [1.165, 1.54) is 43.8 Å². The van der Waals surface area contributed by atoms with Crippen molar-refractivity contribution in [2.75, 3.05) is 0 Å². The van der Waals surface area contributed by atoms with E-state index in [-0.39, 0.29) is 21.7 Å². The molecule has 0 nitrogen and oxygen atoms in total. The summed E-state index contributed by atoms with van der Waals surface area (Å²) in [7, 11) is 0. The summed E-state index contributed by atoms with van der Waals surface area (Å²) in [5.41, 5.74) is 6.51. The van der Waals surface area contributed by atoms with Crippen LogP contribution in [-0.4, -0.2) is 0 Å². The molecule has 0 bridgehead atoms. The molecule has 0 atom stereocenters.